The number of fused-ring (bicyclic) bond motifs is 1. The van der Waals surface area contributed by atoms with Crippen molar-refractivity contribution in [3.63, 3.8) is 0 Å². The van der Waals surface area contributed by atoms with Gasteiger partial charge < -0.3 is 10.6 Å². The second-order valence-electron chi connectivity index (χ2n) is 5.27. The van der Waals surface area contributed by atoms with Crippen molar-refractivity contribution in [3.05, 3.63) is 28.3 Å². The van der Waals surface area contributed by atoms with Gasteiger partial charge in [-0.05, 0) is 37.6 Å². The molecule has 0 saturated carbocycles. The van der Waals surface area contributed by atoms with Crippen LogP contribution in [0.3, 0.4) is 0 Å². The van der Waals surface area contributed by atoms with Crippen molar-refractivity contribution in [2.24, 2.45) is 0 Å². The van der Waals surface area contributed by atoms with Crippen molar-refractivity contribution in [2.45, 2.75) is 25.6 Å². The van der Waals surface area contributed by atoms with Gasteiger partial charge in [0.1, 0.15) is 10.5 Å². The van der Waals surface area contributed by atoms with Gasteiger partial charge in [-0.2, -0.15) is 13.2 Å². The zero-order valence-electron chi connectivity index (χ0n) is 11.8. The third-order valence-electron chi connectivity index (χ3n) is 3.70. The van der Waals surface area contributed by atoms with Crippen LogP contribution < -0.4 is 10.6 Å². The Labute approximate surface area is 128 Å². The van der Waals surface area contributed by atoms with Crippen molar-refractivity contribution in [3.8, 4) is 0 Å². The first-order valence-corrected chi connectivity index (χ1v) is 7.67. The minimum Gasteiger partial charge on any atom is -0.347 e. The number of alkyl halides is 3. The summed E-state index contributed by atoms with van der Waals surface area (Å²) in [5, 5.41) is 6.64. The van der Waals surface area contributed by atoms with Gasteiger partial charge in [-0.15, -0.1) is 11.3 Å². The number of carbonyl (C=O) groups excluding carboxylic acids is 1. The Kier molecular flexibility index (Phi) is 3.82. The molecule has 2 N–H and O–H groups in total. The lowest BCUT2D eigenvalue weighted by Gasteiger charge is -2.10. The standard InChI is InChI=1S/C14H14F3N3OS/c1-7-9-2-3-10(14(15,16)17)20-13(9)22-11(7)12(21)19-8-4-5-18-6-8/h2-3,8,18H,4-6H2,1H3,(H,19,21). The van der Waals surface area contributed by atoms with Gasteiger partial charge in [0.05, 0.1) is 4.88 Å². The van der Waals surface area contributed by atoms with Crippen LogP contribution in [0.15, 0.2) is 12.1 Å². The number of thiophene rings is 1. The van der Waals surface area contributed by atoms with Crippen molar-refractivity contribution in [1.82, 2.24) is 15.6 Å². The second-order valence-corrected chi connectivity index (χ2v) is 6.27. The van der Waals surface area contributed by atoms with Gasteiger partial charge in [-0.3, -0.25) is 4.79 Å². The summed E-state index contributed by atoms with van der Waals surface area (Å²) in [6.45, 7) is 3.30. The lowest BCUT2D eigenvalue weighted by Crippen LogP contribution is -2.36. The summed E-state index contributed by atoms with van der Waals surface area (Å²) in [5.41, 5.74) is -0.266. The predicted octanol–water partition coefficient (Wildman–Crippen LogP) is 2.72. The molecule has 3 heterocycles. The third-order valence-corrected chi connectivity index (χ3v) is 4.90. The van der Waals surface area contributed by atoms with E-state index in [-0.39, 0.29) is 16.8 Å². The van der Waals surface area contributed by atoms with Gasteiger partial charge in [0.15, 0.2) is 0 Å². The van der Waals surface area contributed by atoms with Crippen LogP contribution in [0.25, 0.3) is 10.2 Å². The molecule has 0 radical (unpaired) electrons. The number of aryl methyl sites for hydroxylation is 1. The van der Waals surface area contributed by atoms with Crippen LogP contribution >= 0.6 is 11.3 Å². The van der Waals surface area contributed by atoms with E-state index in [4.69, 9.17) is 0 Å². The molecule has 118 valence electrons. The van der Waals surface area contributed by atoms with Gasteiger partial charge in [-0.1, -0.05) is 0 Å². The zero-order chi connectivity index (χ0) is 15.9. The van der Waals surface area contributed by atoms with Crippen LogP contribution in [0.1, 0.15) is 27.3 Å². The molecule has 2 aromatic rings. The van der Waals surface area contributed by atoms with E-state index in [9.17, 15) is 18.0 Å². The minimum absolute atomic E-state index is 0.0656. The van der Waals surface area contributed by atoms with Gasteiger partial charge in [0.2, 0.25) is 0 Å². The number of hydrogen-bond donors (Lipinski definition) is 2. The third kappa shape index (κ3) is 2.80. The highest BCUT2D eigenvalue weighted by molar-refractivity contribution is 7.20. The molecule has 1 aliphatic rings. The molecule has 0 spiro atoms. The summed E-state index contributed by atoms with van der Waals surface area (Å²) in [4.78, 5) is 16.6. The lowest BCUT2D eigenvalue weighted by molar-refractivity contribution is -0.140. The molecule has 1 fully saturated rings. The van der Waals surface area contributed by atoms with E-state index in [2.05, 4.69) is 15.6 Å². The fourth-order valence-corrected chi connectivity index (χ4v) is 3.59. The maximum absolute atomic E-state index is 12.7. The fraction of sp³-hybridized carbons (Fsp3) is 0.429. The number of hydrogen-bond acceptors (Lipinski definition) is 4. The van der Waals surface area contributed by atoms with Crippen LogP contribution in [-0.2, 0) is 6.18 Å². The molecule has 4 nitrogen and oxygen atoms in total. The first-order valence-electron chi connectivity index (χ1n) is 6.85. The Morgan fingerprint density at radius 2 is 2.23 bits per heavy atom. The van der Waals surface area contributed by atoms with Crippen LogP contribution in [0.4, 0.5) is 13.2 Å². The molecule has 0 aliphatic carbocycles. The zero-order valence-corrected chi connectivity index (χ0v) is 12.6. The average molecular weight is 329 g/mol. The first kappa shape index (κ1) is 15.2. The molecule has 1 aliphatic heterocycles. The lowest BCUT2D eigenvalue weighted by atomic mass is 10.1. The minimum atomic E-state index is -4.48. The van der Waals surface area contributed by atoms with E-state index in [0.717, 1.165) is 30.4 Å². The van der Waals surface area contributed by atoms with Crippen molar-refractivity contribution >= 4 is 27.5 Å². The van der Waals surface area contributed by atoms with Gasteiger partial charge in [0, 0.05) is 18.0 Å². The first-order chi connectivity index (χ1) is 10.4. The average Bonchev–Trinajstić information content (AvgIpc) is 3.06. The van der Waals surface area contributed by atoms with Crippen LogP contribution in [0.5, 0.6) is 0 Å². The summed E-state index contributed by atoms with van der Waals surface area (Å²) in [6.07, 6.45) is -3.63. The molecule has 3 rings (SSSR count). The highest BCUT2D eigenvalue weighted by Crippen LogP contribution is 2.34. The van der Waals surface area contributed by atoms with Gasteiger partial charge >= 0.3 is 6.18 Å². The van der Waals surface area contributed by atoms with Crippen LogP contribution in [-0.4, -0.2) is 30.0 Å². The van der Waals surface area contributed by atoms with E-state index < -0.39 is 11.9 Å². The predicted molar refractivity (Wildman–Crippen MR) is 78.1 cm³/mol. The molecule has 1 atom stereocenters. The summed E-state index contributed by atoms with van der Waals surface area (Å²) < 4.78 is 38.1. The molecular weight excluding hydrogens is 315 g/mol. The largest absolute Gasteiger partial charge is 0.433 e. The van der Waals surface area contributed by atoms with E-state index in [1.165, 1.54) is 6.07 Å². The van der Waals surface area contributed by atoms with Crippen LogP contribution in [0, 0.1) is 6.92 Å². The quantitative estimate of drug-likeness (QED) is 0.891. The SMILES string of the molecule is Cc1c(C(=O)NC2CCNC2)sc2nc(C(F)(F)F)ccc12. The number of pyridine rings is 1. The maximum Gasteiger partial charge on any atom is 0.433 e. The Morgan fingerprint density at radius 3 is 2.86 bits per heavy atom. The van der Waals surface area contributed by atoms with E-state index in [1.807, 2.05) is 0 Å². The molecule has 8 heteroatoms. The van der Waals surface area contributed by atoms with Gasteiger partial charge in [0.25, 0.3) is 5.91 Å². The molecule has 0 bridgehead atoms. The molecule has 1 unspecified atom stereocenters. The molecule has 1 amide bonds. The summed E-state index contributed by atoms with van der Waals surface area (Å²) in [5.74, 6) is -0.247. The molecule has 0 aromatic carbocycles. The van der Waals surface area contributed by atoms with Crippen molar-refractivity contribution < 1.29 is 18.0 Å². The number of nitrogens with one attached hydrogen (secondary N) is 2. The van der Waals surface area contributed by atoms with Crippen molar-refractivity contribution in [1.29, 1.82) is 0 Å². The fourth-order valence-electron chi connectivity index (χ4n) is 2.50. The van der Waals surface area contributed by atoms with Crippen molar-refractivity contribution in [2.75, 3.05) is 13.1 Å². The Hall–Kier alpha value is -1.67. The summed E-state index contributed by atoms with van der Waals surface area (Å²) >= 11 is 1.00. The molecular formula is C14H14F3N3OS. The highest BCUT2D eigenvalue weighted by atomic mass is 32.1. The number of nitrogens with zero attached hydrogens (tertiary/aromatic N) is 1. The summed E-state index contributed by atoms with van der Waals surface area (Å²) in [7, 11) is 0. The van der Waals surface area contributed by atoms with E-state index in [1.54, 1.807) is 6.92 Å². The second kappa shape index (κ2) is 5.51. The smallest absolute Gasteiger partial charge is 0.347 e. The van der Waals surface area contributed by atoms with E-state index >= 15 is 0 Å². The Bertz CT molecular complexity index is 720. The number of aromatic nitrogens is 1. The Balaban J connectivity index is 1.93. The highest BCUT2D eigenvalue weighted by Gasteiger charge is 2.33. The molecule has 2 aromatic heterocycles. The number of halogens is 3. The molecule has 1 saturated heterocycles. The normalized spacial score (nSPS) is 18.8. The topological polar surface area (TPSA) is 54.0 Å². The monoisotopic (exact) mass is 329 g/mol. The summed E-state index contributed by atoms with van der Waals surface area (Å²) in [6, 6.07) is 2.39. The number of rotatable bonds is 2. The molecule has 22 heavy (non-hydrogen) atoms. The van der Waals surface area contributed by atoms with E-state index in [0.29, 0.717) is 22.4 Å². The Morgan fingerprint density at radius 1 is 1.45 bits per heavy atom. The maximum atomic E-state index is 12.7. The van der Waals surface area contributed by atoms with Gasteiger partial charge in [-0.25, -0.2) is 4.98 Å². The van der Waals surface area contributed by atoms with Crippen LogP contribution in [0.2, 0.25) is 0 Å². The number of carbonyl (C=O) groups is 1. The number of amides is 1.